The molecule has 0 aliphatic carbocycles. The predicted molar refractivity (Wildman–Crippen MR) is 76.5 cm³/mol. The van der Waals surface area contributed by atoms with Gasteiger partial charge in [-0.05, 0) is 36.5 Å². The molecule has 0 spiro atoms. The van der Waals surface area contributed by atoms with Crippen molar-refractivity contribution in [3.05, 3.63) is 35.8 Å². The maximum absolute atomic E-state index is 11.7. The first kappa shape index (κ1) is 14.5. The molecule has 0 fully saturated rings. The molecule has 1 aliphatic heterocycles. The summed E-state index contributed by atoms with van der Waals surface area (Å²) in [5, 5.41) is 19.2. The van der Waals surface area contributed by atoms with Gasteiger partial charge in [0.15, 0.2) is 0 Å². The zero-order valence-electron chi connectivity index (χ0n) is 11.4. The number of aromatic hydroxyl groups is 1. The number of nitrogens with zero attached hydrogens (tertiary/aromatic N) is 1. The van der Waals surface area contributed by atoms with E-state index in [1.54, 1.807) is 12.1 Å². The van der Waals surface area contributed by atoms with Crippen LogP contribution in [0, 0.1) is 5.92 Å². The van der Waals surface area contributed by atoms with Crippen molar-refractivity contribution in [3.8, 4) is 5.75 Å². The van der Waals surface area contributed by atoms with E-state index in [4.69, 9.17) is 0 Å². The van der Waals surface area contributed by atoms with E-state index in [1.807, 2.05) is 4.72 Å². The Bertz CT molecular complexity index is 638. The van der Waals surface area contributed by atoms with Crippen molar-refractivity contribution in [1.82, 2.24) is 4.72 Å². The summed E-state index contributed by atoms with van der Waals surface area (Å²) in [5.41, 5.74) is 1.05. The van der Waals surface area contributed by atoms with E-state index in [1.165, 1.54) is 6.07 Å². The topological polar surface area (TPSA) is 89.9 Å². The van der Waals surface area contributed by atoms with Crippen LogP contribution in [0.4, 0.5) is 5.69 Å². The van der Waals surface area contributed by atoms with Gasteiger partial charge in [0, 0.05) is 0 Å². The van der Waals surface area contributed by atoms with Crippen LogP contribution in [0.25, 0.3) is 0 Å². The molecule has 0 radical (unpaired) electrons. The first-order chi connectivity index (χ1) is 9.29. The Hall–Kier alpha value is -1.89. The Morgan fingerprint density at radius 3 is 2.50 bits per heavy atom. The molecule has 0 atom stereocenters. The number of aliphatic hydroxyl groups excluding tert-OH is 1. The van der Waals surface area contributed by atoms with Crippen molar-refractivity contribution in [2.75, 3.05) is 4.31 Å². The highest BCUT2D eigenvalue weighted by atomic mass is 32.2. The Kier molecular flexibility index (Phi) is 3.80. The Morgan fingerprint density at radius 2 is 2.00 bits per heavy atom. The molecule has 7 heteroatoms. The van der Waals surface area contributed by atoms with Gasteiger partial charge in [-0.15, -0.1) is 0 Å². The van der Waals surface area contributed by atoms with Crippen molar-refractivity contribution in [2.24, 2.45) is 5.92 Å². The highest BCUT2D eigenvalue weighted by Gasteiger charge is 2.30. The van der Waals surface area contributed by atoms with Gasteiger partial charge in [0.1, 0.15) is 11.4 Å². The molecule has 1 heterocycles. The normalized spacial score (nSPS) is 17.1. The molecule has 1 aliphatic rings. The lowest BCUT2D eigenvalue weighted by Crippen LogP contribution is -2.29. The second-order valence-corrected chi connectivity index (χ2v) is 6.72. The monoisotopic (exact) mass is 298 g/mol. The van der Waals surface area contributed by atoms with Gasteiger partial charge in [-0.2, -0.15) is 8.42 Å². The number of anilines is 1. The second-order valence-electron chi connectivity index (χ2n) is 5.17. The highest BCUT2D eigenvalue weighted by Crippen LogP contribution is 2.32. The largest absolute Gasteiger partial charge is 0.506 e. The molecule has 2 rings (SSSR count). The van der Waals surface area contributed by atoms with E-state index in [9.17, 15) is 18.6 Å². The summed E-state index contributed by atoms with van der Waals surface area (Å²) in [7, 11) is -3.87. The fraction of sp³-hybridized carbons (Fsp3) is 0.385. The lowest BCUT2D eigenvalue weighted by Gasteiger charge is -2.16. The minimum Gasteiger partial charge on any atom is -0.506 e. The van der Waals surface area contributed by atoms with Gasteiger partial charge in [-0.3, -0.25) is 0 Å². The Labute approximate surface area is 118 Å². The smallest absolute Gasteiger partial charge is 0.330 e. The molecule has 0 saturated carbocycles. The molecule has 0 aromatic heterocycles. The first-order valence-electron chi connectivity index (χ1n) is 6.34. The van der Waals surface area contributed by atoms with Gasteiger partial charge in [0.25, 0.3) is 0 Å². The number of nitrogens with one attached hydrogen (secondary N) is 1. The standard InChI is InChI=1S/C13H18N2O4S/c1-9(2)3-4-10-5-6-11(12(16)7-10)15-8-13(17)14-20(15,18)19/h5-9,14,16-17H,3-4H2,1-2H3. The third kappa shape index (κ3) is 2.98. The van der Waals surface area contributed by atoms with Crippen LogP contribution in [0.2, 0.25) is 0 Å². The van der Waals surface area contributed by atoms with Crippen LogP contribution < -0.4 is 9.03 Å². The molecule has 0 saturated heterocycles. The van der Waals surface area contributed by atoms with Crippen molar-refractivity contribution in [1.29, 1.82) is 0 Å². The lowest BCUT2D eigenvalue weighted by atomic mass is 10.0. The SMILES string of the molecule is CC(C)CCc1ccc(N2C=C(O)NS2(=O)=O)c(O)c1. The molecule has 110 valence electrons. The summed E-state index contributed by atoms with van der Waals surface area (Å²) in [6.07, 6.45) is 2.82. The molecule has 6 nitrogen and oxygen atoms in total. The average molecular weight is 298 g/mol. The summed E-state index contributed by atoms with van der Waals surface area (Å²) in [4.78, 5) is 0. The number of aryl methyl sites for hydroxylation is 1. The molecule has 0 unspecified atom stereocenters. The van der Waals surface area contributed by atoms with Crippen LogP contribution >= 0.6 is 0 Å². The number of aliphatic hydroxyl groups is 1. The minimum atomic E-state index is -3.87. The van der Waals surface area contributed by atoms with E-state index in [0.29, 0.717) is 5.92 Å². The van der Waals surface area contributed by atoms with Crippen LogP contribution in [0.3, 0.4) is 0 Å². The van der Waals surface area contributed by atoms with Crippen molar-refractivity contribution < 1.29 is 18.6 Å². The van der Waals surface area contributed by atoms with Gasteiger partial charge >= 0.3 is 10.2 Å². The number of phenolic OH excluding ortho intramolecular Hbond substituents is 1. The average Bonchev–Trinajstić information content (AvgIpc) is 2.60. The van der Waals surface area contributed by atoms with Crippen LogP contribution in [0.15, 0.2) is 30.3 Å². The summed E-state index contributed by atoms with van der Waals surface area (Å²) >= 11 is 0. The summed E-state index contributed by atoms with van der Waals surface area (Å²) < 4.78 is 26.2. The van der Waals surface area contributed by atoms with Gasteiger partial charge in [-0.1, -0.05) is 19.9 Å². The van der Waals surface area contributed by atoms with Gasteiger partial charge in [0.2, 0.25) is 5.88 Å². The maximum Gasteiger partial charge on any atom is 0.330 e. The number of rotatable bonds is 4. The molecular formula is C13H18N2O4S. The third-order valence-electron chi connectivity index (χ3n) is 3.02. The molecule has 1 aromatic rings. The highest BCUT2D eigenvalue weighted by molar-refractivity contribution is 7.91. The molecule has 20 heavy (non-hydrogen) atoms. The van der Waals surface area contributed by atoms with Gasteiger partial charge in [-0.25, -0.2) is 9.03 Å². The van der Waals surface area contributed by atoms with Gasteiger partial charge in [0.05, 0.1) is 6.20 Å². The first-order valence-corrected chi connectivity index (χ1v) is 7.78. The summed E-state index contributed by atoms with van der Waals surface area (Å²) in [6.45, 7) is 4.23. The van der Waals surface area contributed by atoms with E-state index in [2.05, 4.69) is 13.8 Å². The molecular weight excluding hydrogens is 280 g/mol. The Balaban J connectivity index is 2.26. The number of hydrogen-bond donors (Lipinski definition) is 3. The number of hydrogen-bond acceptors (Lipinski definition) is 4. The zero-order valence-corrected chi connectivity index (χ0v) is 12.2. The molecule has 0 amide bonds. The van der Waals surface area contributed by atoms with Crippen molar-refractivity contribution >= 4 is 15.9 Å². The van der Waals surface area contributed by atoms with Crippen LogP contribution in [0.1, 0.15) is 25.8 Å². The van der Waals surface area contributed by atoms with Crippen molar-refractivity contribution in [2.45, 2.75) is 26.7 Å². The molecule has 1 aromatic carbocycles. The lowest BCUT2D eigenvalue weighted by molar-refractivity contribution is 0.392. The predicted octanol–water partition coefficient (Wildman–Crippen LogP) is 1.99. The van der Waals surface area contributed by atoms with E-state index >= 15 is 0 Å². The summed E-state index contributed by atoms with van der Waals surface area (Å²) in [5.74, 6) is -0.0595. The third-order valence-corrected chi connectivity index (χ3v) is 4.31. The van der Waals surface area contributed by atoms with E-state index < -0.39 is 16.1 Å². The second kappa shape index (κ2) is 5.24. The van der Waals surface area contributed by atoms with E-state index in [-0.39, 0.29) is 11.4 Å². The van der Waals surface area contributed by atoms with E-state index in [0.717, 1.165) is 28.9 Å². The van der Waals surface area contributed by atoms with Crippen molar-refractivity contribution in [3.63, 3.8) is 0 Å². The molecule has 3 N–H and O–H groups in total. The number of benzene rings is 1. The Morgan fingerprint density at radius 1 is 1.30 bits per heavy atom. The number of phenols is 1. The maximum atomic E-state index is 11.7. The molecule has 0 bridgehead atoms. The minimum absolute atomic E-state index is 0.106. The quantitative estimate of drug-likeness (QED) is 0.793. The summed E-state index contributed by atoms with van der Waals surface area (Å²) in [6, 6.07) is 4.85. The van der Waals surface area contributed by atoms with Gasteiger partial charge < -0.3 is 10.2 Å². The zero-order chi connectivity index (χ0) is 14.9. The fourth-order valence-corrected chi connectivity index (χ4v) is 3.02. The van der Waals surface area contributed by atoms with Crippen LogP contribution in [-0.4, -0.2) is 18.6 Å². The van der Waals surface area contributed by atoms with Crippen LogP contribution in [0.5, 0.6) is 5.75 Å². The fourth-order valence-electron chi connectivity index (χ4n) is 1.95. The van der Waals surface area contributed by atoms with Crippen LogP contribution in [-0.2, 0) is 16.6 Å².